The zero-order chi connectivity index (χ0) is 28.2. The van der Waals surface area contributed by atoms with E-state index in [2.05, 4.69) is 11.1 Å². The lowest BCUT2D eigenvalue weighted by Crippen LogP contribution is -2.44. The molecule has 2 heterocycles. The number of likely N-dealkylation sites (tertiary alicyclic amines) is 1. The van der Waals surface area contributed by atoms with Crippen LogP contribution in [0.3, 0.4) is 0 Å². The molecular weight excluding hydrogens is 507 g/mol. The second kappa shape index (κ2) is 11.5. The predicted molar refractivity (Wildman–Crippen MR) is 140 cm³/mol. The summed E-state index contributed by atoms with van der Waals surface area (Å²) in [6.07, 6.45) is -0.154. The number of nitriles is 1. The molecule has 0 bridgehead atoms. The first-order valence-corrected chi connectivity index (χ1v) is 12.9. The summed E-state index contributed by atoms with van der Waals surface area (Å²) in [4.78, 5) is 19.1. The Morgan fingerprint density at radius 3 is 2.69 bits per heavy atom. The van der Waals surface area contributed by atoms with E-state index in [1.165, 1.54) is 4.90 Å². The van der Waals surface area contributed by atoms with Gasteiger partial charge in [-0.3, -0.25) is 4.79 Å². The van der Waals surface area contributed by atoms with E-state index in [9.17, 15) is 23.2 Å². The van der Waals surface area contributed by atoms with Crippen LogP contribution in [-0.2, 0) is 23.7 Å². The molecule has 10 heteroatoms. The summed E-state index contributed by atoms with van der Waals surface area (Å²) in [6, 6.07) is 13.5. The van der Waals surface area contributed by atoms with Crippen LogP contribution in [0.25, 0.3) is 0 Å². The van der Waals surface area contributed by atoms with Crippen molar-refractivity contribution in [1.29, 1.82) is 5.26 Å². The number of benzene rings is 2. The van der Waals surface area contributed by atoms with Gasteiger partial charge in [-0.1, -0.05) is 24.6 Å². The predicted octanol–water partition coefficient (Wildman–Crippen LogP) is 5.55. The minimum atomic E-state index is -4.39. The number of aromatic nitrogens is 2. The van der Waals surface area contributed by atoms with Gasteiger partial charge in [-0.2, -0.15) is 18.4 Å². The number of hydrogen-bond donors (Lipinski definition) is 1. The topological polar surface area (TPSA) is 97.2 Å². The van der Waals surface area contributed by atoms with Gasteiger partial charge in [0.15, 0.2) is 0 Å². The van der Waals surface area contributed by atoms with E-state index in [1.54, 1.807) is 62.0 Å². The zero-order valence-corrected chi connectivity index (χ0v) is 22.0. The van der Waals surface area contributed by atoms with Crippen molar-refractivity contribution >= 4 is 5.91 Å². The monoisotopic (exact) mass is 539 g/mol. The number of rotatable bonds is 8. The van der Waals surface area contributed by atoms with Gasteiger partial charge in [0.25, 0.3) is 0 Å². The van der Waals surface area contributed by atoms with Crippen molar-refractivity contribution in [1.82, 2.24) is 14.5 Å². The number of likely N-dealkylation sites (N-methyl/N-ethyl adjacent to an activating group) is 1. The fourth-order valence-corrected chi connectivity index (χ4v) is 5.20. The molecule has 39 heavy (non-hydrogen) atoms. The molecule has 206 valence electrons. The van der Waals surface area contributed by atoms with Crippen LogP contribution in [0.1, 0.15) is 60.5 Å². The normalized spacial score (nSPS) is 18.9. The number of ether oxygens (including phenoxy) is 1. The van der Waals surface area contributed by atoms with Gasteiger partial charge < -0.3 is 19.9 Å². The molecule has 0 aliphatic carbocycles. The minimum absolute atomic E-state index is 0.279. The first-order valence-electron chi connectivity index (χ1n) is 12.9. The lowest BCUT2D eigenvalue weighted by Gasteiger charge is -2.35. The SMILES string of the molecule is CN1CCCC[C@](CCC(F)(F)F)(c2cccc(Oc3cc([C@H](N)Cc4cncn4C)ccc3C#N)c2)C1=O. The van der Waals surface area contributed by atoms with Crippen LogP contribution in [0.2, 0.25) is 0 Å². The molecule has 7 nitrogen and oxygen atoms in total. The maximum Gasteiger partial charge on any atom is 0.389 e. The molecule has 0 radical (unpaired) electrons. The number of halogens is 3. The Morgan fingerprint density at radius 2 is 2.00 bits per heavy atom. The molecule has 3 aromatic rings. The van der Waals surface area contributed by atoms with Crippen LogP contribution >= 0.6 is 0 Å². The van der Waals surface area contributed by atoms with E-state index in [1.807, 2.05) is 11.6 Å². The fourth-order valence-electron chi connectivity index (χ4n) is 5.20. The number of aryl methyl sites for hydroxylation is 1. The molecule has 2 aromatic carbocycles. The summed E-state index contributed by atoms with van der Waals surface area (Å²) in [6.45, 7) is 0.500. The van der Waals surface area contributed by atoms with Gasteiger partial charge in [-0.25, -0.2) is 4.98 Å². The Morgan fingerprint density at radius 1 is 1.21 bits per heavy atom. The highest BCUT2D eigenvalue weighted by Crippen LogP contribution is 2.42. The lowest BCUT2D eigenvalue weighted by atomic mass is 9.72. The second-order valence-electron chi connectivity index (χ2n) is 10.2. The van der Waals surface area contributed by atoms with Crippen molar-refractivity contribution in [2.75, 3.05) is 13.6 Å². The van der Waals surface area contributed by atoms with Gasteiger partial charge in [0.05, 0.1) is 17.3 Å². The van der Waals surface area contributed by atoms with E-state index >= 15 is 0 Å². The Balaban J connectivity index is 1.66. The smallest absolute Gasteiger partial charge is 0.389 e. The van der Waals surface area contributed by atoms with E-state index in [-0.39, 0.29) is 29.7 Å². The minimum Gasteiger partial charge on any atom is -0.456 e. The van der Waals surface area contributed by atoms with Crippen molar-refractivity contribution in [3.05, 3.63) is 77.4 Å². The lowest BCUT2D eigenvalue weighted by molar-refractivity contribution is -0.146. The zero-order valence-electron chi connectivity index (χ0n) is 22.0. The van der Waals surface area contributed by atoms with E-state index < -0.39 is 18.0 Å². The molecular formula is C29H32F3N5O2. The van der Waals surface area contributed by atoms with Gasteiger partial charge in [-0.15, -0.1) is 0 Å². The standard InChI is InChI=1S/C29H32F3N5O2/c1-36-13-4-3-10-28(27(36)38,11-12-29(30,31)32)22-6-5-7-24(15-22)39-26-14-20(8-9-21(26)17-33)25(34)16-23-18-35-19-37(23)2/h5-9,14-15,18-19,25H,3-4,10-13,16,34H2,1-2H3/t25-,28+/m1/s1. The Bertz CT molecular complexity index is 1360. The third-order valence-corrected chi connectivity index (χ3v) is 7.45. The summed E-state index contributed by atoms with van der Waals surface area (Å²) >= 11 is 0. The number of amides is 1. The molecule has 1 fully saturated rings. The van der Waals surface area contributed by atoms with Crippen molar-refractivity contribution < 1.29 is 22.7 Å². The Labute approximate surface area is 226 Å². The molecule has 0 unspecified atom stereocenters. The number of imidazole rings is 1. The number of alkyl halides is 3. The second-order valence-corrected chi connectivity index (χ2v) is 10.2. The first kappa shape index (κ1) is 28.2. The quantitative estimate of drug-likeness (QED) is 0.405. The van der Waals surface area contributed by atoms with Crippen molar-refractivity contribution in [3.63, 3.8) is 0 Å². The number of carbonyl (C=O) groups excluding carboxylic acids is 1. The molecule has 2 N–H and O–H groups in total. The molecule has 1 aliphatic heterocycles. The number of hydrogen-bond acceptors (Lipinski definition) is 5. The molecule has 2 atom stereocenters. The van der Waals surface area contributed by atoms with Gasteiger partial charge in [0.1, 0.15) is 17.6 Å². The first-order chi connectivity index (χ1) is 18.5. The van der Waals surface area contributed by atoms with E-state index in [0.29, 0.717) is 37.1 Å². The molecule has 1 amide bonds. The highest BCUT2D eigenvalue weighted by atomic mass is 19.4. The number of nitrogens with zero attached hydrogens (tertiary/aromatic N) is 4. The average Bonchev–Trinajstić information content (AvgIpc) is 3.24. The van der Waals surface area contributed by atoms with Crippen molar-refractivity contribution in [2.45, 2.75) is 56.2 Å². The summed E-state index contributed by atoms with van der Waals surface area (Å²) in [7, 11) is 3.52. The molecule has 1 aliphatic rings. The van der Waals surface area contributed by atoms with Crippen LogP contribution in [0, 0.1) is 11.3 Å². The van der Waals surface area contributed by atoms with E-state index in [4.69, 9.17) is 10.5 Å². The van der Waals surface area contributed by atoms with Crippen molar-refractivity contribution in [3.8, 4) is 17.6 Å². The largest absolute Gasteiger partial charge is 0.456 e. The maximum absolute atomic E-state index is 13.5. The van der Waals surface area contributed by atoms with Crippen LogP contribution in [0.15, 0.2) is 55.0 Å². The molecule has 1 saturated heterocycles. The summed E-state index contributed by atoms with van der Waals surface area (Å²) < 4.78 is 48.0. The van der Waals surface area contributed by atoms with Crippen LogP contribution < -0.4 is 10.5 Å². The maximum atomic E-state index is 13.5. The Kier molecular flexibility index (Phi) is 8.31. The highest BCUT2D eigenvalue weighted by Gasteiger charge is 2.45. The summed E-state index contributed by atoms with van der Waals surface area (Å²) in [5.41, 5.74) is 7.60. The summed E-state index contributed by atoms with van der Waals surface area (Å²) in [5, 5.41) is 9.68. The van der Waals surface area contributed by atoms with Crippen LogP contribution in [0.4, 0.5) is 13.2 Å². The van der Waals surface area contributed by atoms with Crippen molar-refractivity contribution in [2.24, 2.45) is 12.8 Å². The molecule has 0 saturated carbocycles. The van der Waals surface area contributed by atoms with Gasteiger partial charge in [0, 0.05) is 51.4 Å². The molecule has 1 aromatic heterocycles. The van der Waals surface area contributed by atoms with Gasteiger partial charge in [0.2, 0.25) is 5.91 Å². The molecule has 4 rings (SSSR count). The van der Waals surface area contributed by atoms with Crippen LogP contribution in [0.5, 0.6) is 11.5 Å². The van der Waals surface area contributed by atoms with Gasteiger partial charge in [-0.05, 0) is 54.7 Å². The fraction of sp³-hybridized carbons (Fsp3) is 0.414. The molecule has 0 spiro atoms. The van der Waals surface area contributed by atoms with E-state index in [0.717, 1.165) is 17.7 Å². The third kappa shape index (κ3) is 6.42. The van der Waals surface area contributed by atoms with Gasteiger partial charge >= 0.3 is 6.18 Å². The van der Waals surface area contributed by atoms with Crippen LogP contribution in [-0.4, -0.2) is 40.1 Å². The Hall–Kier alpha value is -3.84. The highest BCUT2D eigenvalue weighted by molar-refractivity contribution is 5.88. The average molecular weight is 540 g/mol. The number of nitrogens with two attached hydrogens (primary N) is 1. The summed E-state index contributed by atoms with van der Waals surface area (Å²) in [5.74, 6) is 0.288. The third-order valence-electron chi connectivity index (χ3n) is 7.45. The number of carbonyl (C=O) groups is 1.